The maximum atomic E-state index is 10.1. The lowest BCUT2D eigenvalue weighted by atomic mass is 10.1. The van der Waals surface area contributed by atoms with Crippen LogP contribution < -0.4 is 5.32 Å². The Labute approximate surface area is 149 Å². The first-order valence-corrected chi connectivity index (χ1v) is 8.78. The lowest BCUT2D eigenvalue weighted by Crippen LogP contribution is -2.03. The first-order chi connectivity index (χ1) is 11.6. The van der Waals surface area contributed by atoms with Crippen LogP contribution in [0.15, 0.2) is 53.4 Å². The van der Waals surface area contributed by atoms with E-state index >= 15 is 0 Å². The van der Waals surface area contributed by atoms with Crippen molar-refractivity contribution in [2.45, 2.75) is 44.4 Å². The molecule has 4 nitrogen and oxygen atoms in total. The van der Waals surface area contributed by atoms with E-state index in [1.165, 1.54) is 49.1 Å². The van der Waals surface area contributed by atoms with Crippen molar-refractivity contribution in [3.63, 3.8) is 0 Å². The molecule has 2 aromatic carbocycles. The minimum atomic E-state index is -0.445. The van der Waals surface area contributed by atoms with Crippen LogP contribution in [0.1, 0.15) is 38.7 Å². The molecular formula is C19H26N2O2S. The summed E-state index contributed by atoms with van der Waals surface area (Å²) in [6, 6.07) is 14.8. The molecule has 5 heteroatoms. The Morgan fingerprint density at radius 1 is 1.08 bits per heavy atom. The highest BCUT2D eigenvalue weighted by molar-refractivity contribution is 7.80. The number of rotatable bonds is 7. The third kappa shape index (κ3) is 7.51. The number of thiol groups is 1. The summed E-state index contributed by atoms with van der Waals surface area (Å²) in [5.41, 5.74) is 2.85. The Morgan fingerprint density at radius 3 is 2.42 bits per heavy atom. The Kier molecular flexibility index (Phi) is 9.61. The number of nitro benzene ring substituents is 1. The lowest BCUT2D eigenvalue weighted by molar-refractivity contribution is -0.385. The average Bonchev–Trinajstić information content (AvgIpc) is 2.57. The van der Waals surface area contributed by atoms with Gasteiger partial charge in [-0.15, -0.1) is 12.6 Å². The van der Waals surface area contributed by atoms with E-state index in [0.717, 1.165) is 6.54 Å². The predicted molar refractivity (Wildman–Crippen MR) is 104 cm³/mol. The van der Waals surface area contributed by atoms with Crippen LogP contribution in [-0.4, -0.2) is 11.5 Å². The summed E-state index contributed by atoms with van der Waals surface area (Å²) in [6.45, 7) is 5.54. The molecule has 0 heterocycles. The van der Waals surface area contributed by atoms with Crippen molar-refractivity contribution in [2.24, 2.45) is 0 Å². The third-order valence-electron chi connectivity index (χ3n) is 3.42. The smallest absolute Gasteiger partial charge is 0.270 e. The zero-order valence-electron chi connectivity index (χ0n) is 14.4. The van der Waals surface area contributed by atoms with Crippen molar-refractivity contribution in [3.05, 3.63) is 64.2 Å². The van der Waals surface area contributed by atoms with Crippen LogP contribution in [0.25, 0.3) is 0 Å². The third-order valence-corrected chi connectivity index (χ3v) is 3.70. The number of hydrogen-bond acceptors (Lipinski definition) is 4. The number of nitrogens with one attached hydrogen (secondary N) is 1. The molecule has 2 rings (SSSR count). The number of benzene rings is 2. The molecule has 0 aromatic heterocycles. The van der Waals surface area contributed by atoms with Crippen molar-refractivity contribution >= 4 is 24.0 Å². The minimum Gasteiger partial charge on any atom is -0.385 e. The van der Waals surface area contributed by atoms with Gasteiger partial charge < -0.3 is 5.32 Å². The zero-order chi connectivity index (χ0) is 17.8. The fourth-order valence-electron chi connectivity index (χ4n) is 2.19. The largest absolute Gasteiger partial charge is 0.385 e. The van der Waals surface area contributed by atoms with E-state index in [2.05, 4.69) is 56.1 Å². The Balaban J connectivity index is 0.000000254. The molecule has 0 aliphatic carbocycles. The minimum absolute atomic E-state index is 0.0764. The van der Waals surface area contributed by atoms with Crippen LogP contribution in [0.4, 0.5) is 11.4 Å². The second kappa shape index (κ2) is 11.5. The molecule has 0 atom stereocenters. The van der Waals surface area contributed by atoms with E-state index in [9.17, 15) is 10.1 Å². The number of anilines is 1. The summed E-state index contributed by atoms with van der Waals surface area (Å²) < 4.78 is 0. The molecule has 0 aliphatic rings. The quantitative estimate of drug-likeness (QED) is 0.291. The maximum absolute atomic E-state index is 10.1. The molecule has 0 amide bonds. The van der Waals surface area contributed by atoms with Gasteiger partial charge in [-0.3, -0.25) is 10.1 Å². The molecule has 24 heavy (non-hydrogen) atoms. The van der Waals surface area contributed by atoms with E-state index in [1.807, 2.05) is 0 Å². The molecular weight excluding hydrogens is 320 g/mol. The molecule has 0 unspecified atom stereocenters. The summed E-state index contributed by atoms with van der Waals surface area (Å²) in [4.78, 5) is 10.3. The summed E-state index contributed by atoms with van der Waals surface area (Å²) in [6.07, 6.45) is 4.89. The van der Waals surface area contributed by atoms with E-state index in [4.69, 9.17) is 0 Å². The predicted octanol–water partition coefficient (Wildman–Crippen LogP) is 5.73. The first-order valence-electron chi connectivity index (χ1n) is 8.33. The highest BCUT2D eigenvalue weighted by Gasteiger charge is 2.02. The summed E-state index contributed by atoms with van der Waals surface area (Å²) in [7, 11) is 0. The molecule has 0 spiro atoms. The van der Waals surface area contributed by atoms with Crippen molar-refractivity contribution in [3.8, 4) is 0 Å². The highest BCUT2D eigenvalue weighted by Crippen LogP contribution is 2.16. The molecule has 1 N–H and O–H groups in total. The second-order valence-electron chi connectivity index (χ2n) is 5.46. The number of para-hydroxylation sites is 1. The Bertz CT molecular complexity index is 632. The maximum Gasteiger partial charge on any atom is 0.270 e. The normalized spacial score (nSPS) is 9.79. The van der Waals surface area contributed by atoms with Gasteiger partial charge in [-0.05, 0) is 30.5 Å². The van der Waals surface area contributed by atoms with E-state index < -0.39 is 4.92 Å². The average molecular weight is 346 g/mol. The van der Waals surface area contributed by atoms with E-state index in [0.29, 0.717) is 4.90 Å². The van der Waals surface area contributed by atoms with Gasteiger partial charge in [0, 0.05) is 29.3 Å². The van der Waals surface area contributed by atoms with E-state index in [1.54, 1.807) is 12.1 Å². The number of nitro groups is 1. The van der Waals surface area contributed by atoms with Gasteiger partial charge in [0.2, 0.25) is 0 Å². The van der Waals surface area contributed by atoms with Crippen LogP contribution in [0.2, 0.25) is 0 Å². The van der Waals surface area contributed by atoms with Gasteiger partial charge in [-0.25, -0.2) is 0 Å². The zero-order valence-corrected chi connectivity index (χ0v) is 15.3. The number of aryl methyl sites for hydroxylation is 1. The SMILES string of the molecule is CCCCNc1ccccc1CCC.O=[N+]([O-])c1cccc(S)c1. The monoisotopic (exact) mass is 346 g/mol. The van der Waals surface area contributed by atoms with Crippen molar-refractivity contribution < 1.29 is 4.92 Å². The van der Waals surface area contributed by atoms with Gasteiger partial charge in [0.25, 0.3) is 5.69 Å². The van der Waals surface area contributed by atoms with Gasteiger partial charge in [0.1, 0.15) is 0 Å². The Morgan fingerprint density at radius 2 is 1.83 bits per heavy atom. The van der Waals surface area contributed by atoms with E-state index in [-0.39, 0.29) is 5.69 Å². The summed E-state index contributed by atoms with van der Waals surface area (Å²) >= 11 is 3.94. The van der Waals surface area contributed by atoms with Crippen LogP contribution in [0.3, 0.4) is 0 Å². The van der Waals surface area contributed by atoms with Crippen molar-refractivity contribution in [1.82, 2.24) is 0 Å². The standard InChI is InChI=1S/C13H21N.C6H5NO2S/c1-3-5-11-14-13-10-7-6-9-12(13)8-4-2;8-7(9)5-2-1-3-6(10)4-5/h6-7,9-10,14H,3-5,8,11H2,1-2H3;1-4,10H. The van der Waals surface area contributed by atoms with Gasteiger partial charge in [-0.2, -0.15) is 0 Å². The molecule has 2 aromatic rings. The molecule has 0 saturated heterocycles. The number of non-ortho nitro benzene ring substituents is 1. The molecule has 0 bridgehead atoms. The first kappa shape index (κ1) is 20.0. The Hall–Kier alpha value is -2.01. The van der Waals surface area contributed by atoms with Gasteiger partial charge in [-0.1, -0.05) is 51.0 Å². The van der Waals surface area contributed by atoms with Crippen LogP contribution in [0.5, 0.6) is 0 Å². The summed E-state index contributed by atoms with van der Waals surface area (Å²) in [5.74, 6) is 0. The van der Waals surface area contributed by atoms with Crippen LogP contribution in [-0.2, 0) is 6.42 Å². The molecule has 0 aliphatic heterocycles. The van der Waals surface area contributed by atoms with Crippen LogP contribution >= 0.6 is 12.6 Å². The number of unbranched alkanes of at least 4 members (excludes halogenated alkanes) is 1. The second-order valence-corrected chi connectivity index (χ2v) is 5.98. The van der Waals surface area contributed by atoms with Gasteiger partial charge in [0.05, 0.1) is 4.92 Å². The number of hydrogen-bond donors (Lipinski definition) is 2. The molecule has 0 saturated carbocycles. The fraction of sp³-hybridized carbons (Fsp3) is 0.368. The number of nitrogens with zero attached hydrogens (tertiary/aromatic N) is 1. The molecule has 0 radical (unpaired) electrons. The fourth-order valence-corrected chi connectivity index (χ4v) is 2.40. The lowest BCUT2D eigenvalue weighted by Gasteiger charge is -2.10. The van der Waals surface area contributed by atoms with Crippen LogP contribution in [0, 0.1) is 10.1 Å². The molecule has 0 fully saturated rings. The van der Waals surface area contributed by atoms with Crippen molar-refractivity contribution in [1.29, 1.82) is 0 Å². The topological polar surface area (TPSA) is 55.2 Å². The highest BCUT2D eigenvalue weighted by atomic mass is 32.1. The summed E-state index contributed by atoms with van der Waals surface area (Å²) in [5, 5.41) is 13.6. The van der Waals surface area contributed by atoms with Gasteiger partial charge >= 0.3 is 0 Å². The van der Waals surface area contributed by atoms with Crippen molar-refractivity contribution in [2.75, 3.05) is 11.9 Å². The van der Waals surface area contributed by atoms with Gasteiger partial charge in [0.15, 0.2) is 0 Å². The molecule has 130 valence electrons.